The predicted octanol–water partition coefficient (Wildman–Crippen LogP) is 4.50. The van der Waals surface area contributed by atoms with Crippen LogP contribution in [0.3, 0.4) is 0 Å². The van der Waals surface area contributed by atoms with Gasteiger partial charge in [0.25, 0.3) is 5.89 Å². The Kier molecular flexibility index (Phi) is 5.03. The summed E-state index contributed by atoms with van der Waals surface area (Å²) in [6, 6.07) is 11.2. The zero-order valence-electron chi connectivity index (χ0n) is 13.7. The van der Waals surface area contributed by atoms with Gasteiger partial charge in [0.05, 0.1) is 16.3 Å². The lowest BCUT2D eigenvalue weighted by molar-refractivity contribution is -0.113. The van der Waals surface area contributed by atoms with Gasteiger partial charge >= 0.3 is 0 Å². The monoisotopic (exact) mass is 430 g/mol. The molecule has 132 valence electrons. The molecule has 2 heterocycles. The molecule has 0 atom stereocenters. The van der Waals surface area contributed by atoms with Crippen LogP contribution in [0, 0.1) is 0 Å². The van der Waals surface area contributed by atoms with E-state index in [1.54, 1.807) is 6.20 Å². The maximum Gasteiger partial charge on any atom is 0.259 e. The third-order valence-electron chi connectivity index (χ3n) is 3.83. The SMILES string of the molecule is O=C(CSc1ccc(-c2nc(C3CC3)no2)cn1)Nc1cccc(Br)c1. The number of carbonyl (C=O) groups is 1. The van der Waals surface area contributed by atoms with Crippen molar-refractivity contribution >= 4 is 39.3 Å². The van der Waals surface area contributed by atoms with E-state index in [0.717, 1.165) is 39.4 Å². The average Bonchev–Trinajstić information content (AvgIpc) is 3.38. The molecule has 1 amide bonds. The van der Waals surface area contributed by atoms with Crippen molar-refractivity contribution in [1.82, 2.24) is 15.1 Å². The number of carbonyl (C=O) groups excluding carboxylic acids is 1. The molecule has 1 fully saturated rings. The molecule has 1 aromatic carbocycles. The molecule has 0 radical (unpaired) electrons. The van der Waals surface area contributed by atoms with Crippen LogP contribution in [0.2, 0.25) is 0 Å². The highest BCUT2D eigenvalue weighted by molar-refractivity contribution is 9.10. The van der Waals surface area contributed by atoms with Crippen LogP contribution in [0.25, 0.3) is 11.5 Å². The van der Waals surface area contributed by atoms with Gasteiger partial charge in [0, 0.05) is 22.3 Å². The van der Waals surface area contributed by atoms with E-state index in [1.165, 1.54) is 11.8 Å². The number of nitrogens with one attached hydrogen (secondary N) is 1. The standard InChI is InChI=1S/C18H15BrN4O2S/c19-13-2-1-3-14(8-13)21-15(24)10-26-16-7-6-12(9-20-16)18-22-17(23-25-18)11-4-5-11/h1-3,6-9,11H,4-5,10H2,(H,21,24). The molecule has 2 aromatic heterocycles. The Morgan fingerprint density at radius 2 is 2.19 bits per heavy atom. The van der Waals surface area contributed by atoms with Crippen molar-refractivity contribution in [2.75, 3.05) is 11.1 Å². The molecule has 0 aliphatic heterocycles. The minimum Gasteiger partial charge on any atom is -0.334 e. The summed E-state index contributed by atoms with van der Waals surface area (Å²) < 4.78 is 6.21. The molecule has 1 saturated carbocycles. The van der Waals surface area contributed by atoms with Crippen LogP contribution in [-0.4, -0.2) is 26.8 Å². The van der Waals surface area contributed by atoms with Crippen LogP contribution < -0.4 is 5.32 Å². The second kappa shape index (κ2) is 7.59. The normalized spacial score (nSPS) is 13.6. The first-order chi connectivity index (χ1) is 12.7. The lowest BCUT2D eigenvalue weighted by Gasteiger charge is -2.05. The Labute approximate surface area is 162 Å². The van der Waals surface area contributed by atoms with Gasteiger partial charge in [-0.1, -0.05) is 38.9 Å². The fourth-order valence-electron chi connectivity index (χ4n) is 2.35. The summed E-state index contributed by atoms with van der Waals surface area (Å²) in [5.41, 5.74) is 1.54. The fraction of sp³-hybridized carbons (Fsp3) is 0.222. The van der Waals surface area contributed by atoms with Crippen LogP contribution in [0.4, 0.5) is 5.69 Å². The molecular formula is C18H15BrN4O2S. The average molecular weight is 431 g/mol. The van der Waals surface area contributed by atoms with Gasteiger partial charge < -0.3 is 9.84 Å². The molecule has 0 spiro atoms. The third-order valence-corrected chi connectivity index (χ3v) is 5.26. The lowest BCUT2D eigenvalue weighted by Crippen LogP contribution is -2.14. The van der Waals surface area contributed by atoms with Crippen LogP contribution >= 0.6 is 27.7 Å². The Morgan fingerprint density at radius 3 is 2.92 bits per heavy atom. The fourth-order valence-corrected chi connectivity index (χ4v) is 3.40. The van der Waals surface area contributed by atoms with Crippen molar-refractivity contribution in [2.24, 2.45) is 0 Å². The van der Waals surface area contributed by atoms with Gasteiger partial charge in [0.15, 0.2) is 5.82 Å². The van der Waals surface area contributed by atoms with Gasteiger partial charge in [-0.05, 0) is 43.2 Å². The largest absolute Gasteiger partial charge is 0.334 e. The summed E-state index contributed by atoms with van der Waals surface area (Å²) in [7, 11) is 0. The molecule has 4 rings (SSSR count). The summed E-state index contributed by atoms with van der Waals surface area (Å²) in [6.07, 6.45) is 3.96. The van der Waals surface area contributed by atoms with Crippen molar-refractivity contribution in [2.45, 2.75) is 23.8 Å². The number of halogens is 1. The number of aromatic nitrogens is 3. The highest BCUT2D eigenvalue weighted by Crippen LogP contribution is 2.38. The van der Waals surface area contributed by atoms with E-state index in [0.29, 0.717) is 11.8 Å². The van der Waals surface area contributed by atoms with E-state index in [-0.39, 0.29) is 11.7 Å². The van der Waals surface area contributed by atoms with Crippen molar-refractivity contribution in [3.8, 4) is 11.5 Å². The topological polar surface area (TPSA) is 80.9 Å². The third kappa shape index (κ3) is 4.31. The first-order valence-corrected chi connectivity index (χ1v) is 9.93. The van der Waals surface area contributed by atoms with E-state index in [9.17, 15) is 4.79 Å². The Balaban J connectivity index is 1.32. The van der Waals surface area contributed by atoms with E-state index in [2.05, 4.69) is 36.4 Å². The number of anilines is 1. The summed E-state index contributed by atoms with van der Waals surface area (Å²) in [5, 5.41) is 7.63. The van der Waals surface area contributed by atoms with Gasteiger partial charge in [-0.2, -0.15) is 4.98 Å². The first-order valence-electron chi connectivity index (χ1n) is 8.15. The second-order valence-electron chi connectivity index (χ2n) is 5.96. The molecule has 3 aromatic rings. The van der Waals surface area contributed by atoms with Crippen molar-refractivity contribution in [3.05, 3.63) is 52.9 Å². The van der Waals surface area contributed by atoms with Gasteiger partial charge in [0.1, 0.15) is 0 Å². The predicted molar refractivity (Wildman–Crippen MR) is 103 cm³/mol. The van der Waals surface area contributed by atoms with Crippen LogP contribution in [-0.2, 0) is 4.79 Å². The van der Waals surface area contributed by atoms with Crippen molar-refractivity contribution < 1.29 is 9.32 Å². The van der Waals surface area contributed by atoms with E-state index >= 15 is 0 Å². The maximum absolute atomic E-state index is 12.0. The number of thioether (sulfide) groups is 1. The van der Waals surface area contributed by atoms with Gasteiger partial charge in [-0.3, -0.25) is 4.79 Å². The molecule has 8 heteroatoms. The number of pyridine rings is 1. The summed E-state index contributed by atoms with van der Waals surface area (Å²) in [4.78, 5) is 20.8. The van der Waals surface area contributed by atoms with Crippen LogP contribution in [0.1, 0.15) is 24.6 Å². The second-order valence-corrected chi connectivity index (χ2v) is 7.88. The maximum atomic E-state index is 12.0. The van der Waals surface area contributed by atoms with Gasteiger partial charge in [0.2, 0.25) is 5.91 Å². The highest BCUT2D eigenvalue weighted by Gasteiger charge is 2.29. The number of rotatable bonds is 6. The van der Waals surface area contributed by atoms with Crippen LogP contribution in [0.5, 0.6) is 0 Å². The molecule has 6 nitrogen and oxygen atoms in total. The van der Waals surface area contributed by atoms with Gasteiger partial charge in [-0.25, -0.2) is 4.98 Å². The summed E-state index contributed by atoms with van der Waals surface area (Å²) >= 11 is 4.76. The number of amides is 1. The first kappa shape index (κ1) is 17.2. The number of nitrogens with zero attached hydrogens (tertiary/aromatic N) is 3. The summed E-state index contributed by atoms with van der Waals surface area (Å²) in [6.45, 7) is 0. The van der Waals surface area contributed by atoms with Crippen molar-refractivity contribution in [3.63, 3.8) is 0 Å². The Bertz CT molecular complexity index is 925. The molecular weight excluding hydrogens is 416 g/mol. The Hall–Kier alpha value is -2.19. The molecule has 1 N–H and O–H groups in total. The molecule has 0 bridgehead atoms. The van der Waals surface area contributed by atoms with Crippen molar-refractivity contribution in [1.29, 1.82) is 0 Å². The Morgan fingerprint density at radius 1 is 1.31 bits per heavy atom. The smallest absolute Gasteiger partial charge is 0.259 e. The highest BCUT2D eigenvalue weighted by atomic mass is 79.9. The number of hydrogen-bond acceptors (Lipinski definition) is 6. The molecule has 0 unspecified atom stereocenters. The number of hydrogen-bond donors (Lipinski definition) is 1. The van der Waals surface area contributed by atoms with E-state index in [1.807, 2.05) is 36.4 Å². The summed E-state index contributed by atoms with van der Waals surface area (Å²) in [5.74, 6) is 1.93. The minimum absolute atomic E-state index is 0.0787. The quantitative estimate of drug-likeness (QED) is 0.579. The zero-order chi connectivity index (χ0) is 17.9. The zero-order valence-corrected chi connectivity index (χ0v) is 16.1. The minimum atomic E-state index is -0.0787. The lowest BCUT2D eigenvalue weighted by atomic mass is 10.3. The molecule has 0 saturated heterocycles. The van der Waals surface area contributed by atoms with E-state index < -0.39 is 0 Å². The van der Waals surface area contributed by atoms with Crippen LogP contribution in [0.15, 0.2) is 56.6 Å². The van der Waals surface area contributed by atoms with Gasteiger partial charge in [-0.15, -0.1) is 0 Å². The van der Waals surface area contributed by atoms with E-state index in [4.69, 9.17) is 4.52 Å². The molecule has 26 heavy (non-hydrogen) atoms. The number of benzene rings is 1. The molecule has 1 aliphatic rings. The molecule has 1 aliphatic carbocycles.